The van der Waals surface area contributed by atoms with Gasteiger partial charge in [0.25, 0.3) is 0 Å². The Morgan fingerprint density at radius 3 is 2.43 bits per heavy atom. The third-order valence-electron chi connectivity index (χ3n) is 4.53. The zero-order chi connectivity index (χ0) is 14.2. The molecule has 1 nitrogen and oxygen atoms in total. The number of fused-ring (bicyclic) bond motifs is 3. The van der Waals surface area contributed by atoms with E-state index >= 15 is 0 Å². The summed E-state index contributed by atoms with van der Waals surface area (Å²) in [5.41, 5.74) is 8.49. The van der Waals surface area contributed by atoms with Gasteiger partial charge in [-0.2, -0.15) is 0 Å². The minimum atomic E-state index is 1.03. The van der Waals surface area contributed by atoms with Crippen molar-refractivity contribution in [3.05, 3.63) is 71.9 Å². The van der Waals surface area contributed by atoms with Crippen molar-refractivity contribution in [1.29, 1.82) is 0 Å². The molecule has 1 heteroatoms. The molecule has 0 unspecified atom stereocenters. The smallest absolute Gasteiger partial charge is 0.0488 e. The Hall–Kier alpha value is -2.28. The molecule has 1 aliphatic rings. The van der Waals surface area contributed by atoms with Crippen LogP contribution >= 0.6 is 0 Å². The van der Waals surface area contributed by atoms with Gasteiger partial charge >= 0.3 is 0 Å². The lowest BCUT2D eigenvalue weighted by Gasteiger charge is -2.19. The molecule has 104 valence electrons. The van der Waals surface area contributed by atoms with Crippen molar-refractivity contribution < 1.29 is 0 Å². The van der Waals surface area contributed by atoms with Gasteiger partial charge in [0, 0.05) is 23.5 Å². The Kier molecular flexibility index (Phi) is 2.92. The van der Waals surface area contributed by atoms with E-state index in [0.29, 0.717) is 0 Å². The molecule has 0 fully saturated rings. The molecule has 0 atom stereocenters. The topological polar surface area (TPSA) is 4.93 Å². The van der Waals surface area contributed by atoms with Crippen LogP contribution in [0.1, 0.15) is 18.2 Å². The van der Waals surface area contributed by atoms with Crippen molar-refractivity contribution in [2.45, 2.75) is 26.3 Å². The molecule has 4 rings (SSSR count). The molecule has 0 saturated carbocycles. The molecule has 0 aliphatic heterocycles. The molecule has 3 aromatic rings. The predicted molar refractivity (Wildman–Crippen MR) is 88.4 cm³/mol. The summed E-state index contributed by atoms with van der Waals surface area (Å²) in [6.07, 6.45) is 2.30. The van der Waals surface area contributed by atoms with Crippen molar-refractivity contribution in [1.82, 2.24) is 4.57 Å². The van der Waals surface area contributed by atoms with E-state index in [4.69, 9.17) is 0 Å². The molecule has 0 amide bonds. The second-order valence-electron chi connectivity index (χ2n) is 5.66. The molecule has 1 aliphatic carbocycles. The van der Waals surface area contributed by atoms with Gasteiger partial charge in [-0.05, 0) is 42.5 Å². The molecular formula is C20H19N. The van der Waals surface area contributed by atoms with E-state index in [1.165, 1.54) is 33.6 Å². The van der Waals surface area contributed by atoms with E-state index in [9.17, 15) is 0 Å². The van der Waals surface area contributed by atoms with Gasteiger partial charge in [0.15, 0.2) is 0 Å². The van der Waals surface area contributed by atoms with E-state index in [1.54, 1.807) is 0 Å². The van der Waals surface area contributed by atoms with Crippen LogP contribution in [-0.4, -0.2) is 4.57 Å². The van der Waals surface area contributed by atoms with Gasteiger partial charge in [0.2, 0.25) is 0 Å². The van der Waals surface area contributed by atoms with Gasteiger partial charge in [-0.3, -0.25) is 0 Å². The first kappa shape index (κ1) is 12.5. The highest BCUT2D eigenvalue weighted by atomic mass is 15.0. The maximum atomic E-state index is 2.49. The average Bonchev–Trinajstić information content (AvgIpc) is 2.94. The van der Waals surface area contributed by atoms with Crippen LogP contribution in [0.5, 0.6) is 0 Å². The lowest BCUT2D eigenvalue weighted by molar-refractivity contribution is 0.710. The monoisotopic (exact) mass is 273 g/mol. The third-order valence-corrected chi connectivity index (χ3v) is 4.53. The number of nitrogens with zero attached hydrogens (tertiary/aromatic N) is 1. The van der Waals surface area contributed by atoms with Gasteiger partial charge in [-0.25, -0.2) is 0 Å². The molecule has 0 radical (unpaired) electrons. The van der Waals surface area contributed by atoms with Crippen LogP contribution in [0.15, 0.2) is 60.7 Å². The summed E-state index contributed by atoms with van der Waals surface area (Å²) in [5, 5.41) is 0. The van der Waals surface area contributed by atoms with Crippen LogP contribution in [0, 0.1) is 0 Å². The van der Waals surface area contributed by atoms with E-state index < -0.39 is 0 Å². The molecule has 2 aromatic carbocycles. The van der Waals surface area contributed by atoms with Crippen molar-refractivity contribution in [3.63, 3.8) is 0 Å². The first-order chi connectivity index (χ1) is 10.4. The van der Waals surface area contributed by atoms with Gasteiger partial charge in [0.1, 0.15) is 0 Å². The van der Waals surface area contributed by atoms with E-state index in [0.717, 1.165) is 19.4 Å². The Morgan fingerprint density at radius 2 is 1.62 bits per heavy atom. The normalized spacial score (nSPS) is 12.8. The number of hydrogen-bond donors (Lipinski definition) is 0. The molecule has 0 spiro atoms. The quantitative estimate of drug-likeness (QED) is 0.623. The molecule has 0 N–H and O–H groups in total. The maximum Gasteiger partial charge on any atom is 0.0488 e. The summed E-state index contributed by atoms with van der Waals surface area (Å²) < 4.78 is 2.49. The summed E-state index contributed by atoms with van der Waals surface area (Å²) in [6.45, 7) is 3.27. The van der Waals surface area contributed by atoms with Crippen molar-refractivity contribution in [2.24, 2.45) is 0 Å². The molecule has 0 saturated heterocycles. The Bertz CT molecular complexity index is 770. The third kappa shape index (κ3) is 1.92. The summed E-state index contributed by atoms with van der Waals surface area (Å²) in [5.74, 6) is 0. The highest BCUT2D eigenvalue weighted by Crippen LogP contribution is 2.38. The zero-order valence-electron chi connectivity index (χ0n) is 12.3. The van der Waals surface area contributed by atoms with Crippen LogP contribution in [0.3, 0.4) is 0 Å². The van der Waals surface area contributed by atoms with Gasteiger partial charge in [-0.1, -0.05) is 54.6 Å². The lowest BCUT2D eigenvalue weighted by Crippen LogP contribution is -2.09. The molecule has 21 heavy (non-hydrogen) atoms. The van der Waals surface area contributed by atoms with Gasteiger partial charge in [-0.15, -0.1) is 0 Å². The molecule has 1 heterocycles. The first-order valence-corrected chi connectivity index (χ1v) is 7.74. The summed E-state index contributed by atoms with van der Waals surface area (Å²) >= 11 is 0. The van der Waals surface area contributed by atoms with Crippen LogP contribution in [0.25, 0.3) is 22.4 Å². The minimum absolute atomic E-state index is 1.03. The molecule has 0 bridgehead atoms. The molecular weight excluding hydrogens is 254 g/mol. The molecule has 1 aromatic heterocycles. The fourth-order valence-corrected chi connectivity index (χ4v) is 3.55. The minimum Gasteiger partial charge on any atom is -0.344 e. The first-order valence-electron chi connectivity index (χ1n) is 7.74. The van der Waals surface area contributed by atoms with Gasteiger partial charge < -0.3 is 4.57 Å². The SMILES string of the molecule is CCn1c(-c2ccccc2)cc2c1CCc1ccccc1-2. The largest absolute Gasteiger partial charge is 0.344 e. The number of aryl methyl sites for hydroxylation is 1. The second-order valence-corrected chi connectivity index (χ2v) is 5.66. The number of benzene rings is 2. The van der Waals surface area contributed by atoms with Crippen molar-refractivity contribution >= 4 is 0 Å². The van der Waals surface area contributed by atoms with E-state index in [2.05, 4.69) is 72.2 Å². The number of aromatic nitrogens is 1. The fraction of sp³-hybridized carbons (Fsp3) is 0.200. The summed E-state index contributed by atoms with van der Waals surface area (Å²) in [6, 6.07) is 22.0. The maximum absolute atomic E-state index is 2.49. The lowest BCUT2D eigenvalue weighted by atomic mass is 9.90. The second kappa shape index (κ2) is 4.92. The zero-order valence-corrected chi connectivity index (χ0v) is 12.3. The number of hydrogen-bond acceptors (Lipinski definition) is 0. The standard InChI is InChI=1S/C20H19N/c1-2-21-19-13-12-15-8-6-7-11-17(15)18(19)14-20(21)16-9-4-3-5-10-16/h3-11,14H,2,12-13H2,1H3. The van der Waals surface area contributed by atoms with Crippen molar-refractivity contribution in [3.8, 4) is 22.4 Å². The predicted octanol–water partition coefficient (Wildman–Crippen LogP) is 4.94. The van der Waals surface area contributed by atoms with E-state index in [1.807, 2.05) is 0 Å². The van der Waals surface area contributed by atoms with Crippen LogP contribution in [0.2, 0.25) is 0 Å². The van der Waals surface area contributed by atoms with Gasteiger partial charge in [0.05, 0.1) is 0 Å². The van der Waals surface area contributed by atoms with Crippen LogP contribution in [0.4, 0.5) is 0 Å². The fourth-order valence-electron chi connectivity index (χ4n) is 3.55. The summed E-state index contributed by atoms with van der Waals surface area (Å²) in [4.78, 5) is 0. The van der Waals surface area contributed by atoms with Crippen molar-refractivity contribution in [2.75, 3.05) is 0 Å². The van der Waals surface area contributed by atoms with Crippen LogP contribution < -0.4 is 0 Å². The van der Waals surface area contributed by atoms with Crippen LogP contribution in [-0.2, 0) is 19.4 Å². The highest BCUT2D eigenvalue weighted by Gasteiger charge is 2.21. The Balaban J connectivity index is 1.96. The summed E-state index contributed by atoms with van der Waals surface area (Å²) in [7, 11) is 0. The Labute approximate surface area is 125 Å². The Morgan fingerprint density at radius 1 is 0.857 bits per heavy atom. The number of rotatable bonds is 2. The highest BCUT2D eigenvalue weighted by molar-refractivity contribution is 5.78. The average molecular weight is 273 g/mol. The van der Waals surface area contributed by atoms with E-state index in [-0.39, 0.29) is 0 Å².